The van der Waals surface area contributed by atoms with E-state index in [1.165, 1.54) is 0 Å². The maximum atomic E-state index is 8.94. The molecule has 7 heavy (non-hydrogen) atoms. The van der Waals surface area contributed by atoms with Crippen molar-refractivity contribution < 1.29 is 18.9 Å². The van der Waals surface area contributed by atoms with Gasteiger partial charge in [0, 0.05) is 0 Å². The van der Waals surface area contributed by atoms with Crippen LogP contribution in [-0.2, 0) is 3.74 Å². The predicted molar refractivity (Wildman–Crippen MR) is 31.0 cm³/mol. The van der Waals surface area contributed by atoms with E-state index >= 15 is 0 Å². The molecular weight excluding hydrogens is 254 g/mol. The Bertz CT molecular complexity index is 62.7. The smallest absolute Gasteiger partial charge is 1.00 e. The Labute approximate surface area is 87.9 Å². The standard InChI is InChI=1S/AsH3O4.AsH3.Ca.2H/c2-1(3,4)5;;;;/h(H3,2,3,4,5);1H3;;;/q;;+2;2*-1. The van der Waals surface area contributed by atoms with Gasteiger partial charge in [-0.2, -0.15) is 0 Å². The minimum absolute atomic E-state index is 0. The first kappa shape index (κ1) is 16.0. The molecular formula is H8As2CaO4. The molecule has 0 bridgehead atoms. The van der Waals surface area contributed by atoms with Crippen LogP contribution in [0.2, 0.25) is 0 Å². The van der Waals surface area contributed by atoms with Crippen molar-refractivity contribution in [1.82, 2.24) is 0 Å². The van der Waals surface area contributed by atoms with Crippen LogP contribution in [-0.4, -0.2) is 82.5 Å². The van der Waals surface area contributed by atoms with Gasteiger partial charge in [-0.05, 0) is 0 Å². The van der Waals surface area contributed by atoms with E-state index in [4.69, 9.17) is 16.0 Å². The molecule has 0 saturated heterocycles. The molecule has 0 fully saturated rings. The molecule has 0 aliphatic heterocycles. The Balaban J connectivity index is -0.0000000133. The van der Waals surface area contributed by atoms with E-state index in [0.717, 1.165) is 0 Å². The molecule has 0 aromatic heterocycles. The molecule has 0 heterocycles. The third kappa shape index (κ3) is 69.9. The zero-order chi connectivity index (χ0) is 4.50. The molecule has 1 atom stereocenters. The Morgan fingerprint density at radius 3 is 1.29 bits per heavy atom. The number of rotatable bonds is 0. The summed E-state index contributed by atoms with van der Waals surface area (Å²) in [6, 6.07) is 0. The van der Waals surface area contributed by atoms with Gasteiger partial charge in [0.25, 0.3) is 0 Å². The van der Waals surface area contributed by atoms with Crippen LogP contribution in [0.25, 0.3) is 0 Å². The number of hydrogen-bond acceptors (Lipinski definition) is 1. The fraction of sp³-hybridized carbons (Fsp3) is 0. The average Bonchev–Trinajstić information content (AvgIpc) is 0.722. The third-order valence-electron chi connectivity index (χ3n) is 0. The van der Waals surface area contributed by atoms with Crippen molar-refractivity contribution in [3.05, 3.63) is 0 Å². The second-order valence-corrected chi connectivity index (χ2v) is 2.67. The molecule has 0 amide bonds. The van der Waals surface area contributed by atoms with Crippen LogP contribution in [0.5, 0.6) is 0 Å². The van der Waals surface area contributed by atoms with Gasteiger partial charge in [-0.1, -0.05) is 0 Å². The van der Waals surface area contributed by atoms with Crippen LogP contribution in [0, 0.1) is 0 Å². The molecule has 0 rings (SSSR count). The fourth-order valence-electron chi connectivity index (χ4n) is 0. The Morgan fingerprint density at radius 2 is 1.29 bits per heavy atom. The van der Waals surface area contributed by atoms with Crippen molar-refractivity contribution in [2.24, 2.45) is 0 Å². The van der Waals surface area contributed by atoms with Crippen molar-refractivity contribution in [2.45, 2.75) is 0 Å². The van der Waals surface area contributed by atoms with E-state index in [2.05, 4.69) is 0 Å². The summed E-state index contributed by atoms with van der Waals surface area (Å²) < 4.78 is 30.7. The normalized spacial score (nSPS) is 8.43. The van der Waals surface area contributed by atoms with Gasteiger partial charge in [0.15, 0.2) is 0 Å². The third-order valence-corrected chi connectivity index (χ3v) is 0. The van der Waals surface area contributed by atoms with Gasteiger partial charge in [-0.15, -0.1) is 0 Å². The molecule has 0 aromatic rings. The van der Waals surface area contributed by atoms with Gasteiger partial charge >= 0.3 is 86.2 Å². The summed E-state index contributed by atoms with van der Waals surface area (Å²) >= 11 is -5.12. The second-order valence-electron chi connectivity index (χ2n) is 0.513. The molecule has 44 valence electrons. The van der Waals surface area contributed by atoms with E-state index in [1.54, 1.807) is 0 Å². The van der Waals surface area contributed by atoms with Gasteiger partial charge in [0.1, 0.15) is 0 Å². The monoisotopic (exact) mass is 262 g/mol. The summed E-state index contributed by atoms with van der Waals surface area (Å²) in [6.07, 6.45) is 0. The van der Waals surface area contributed by atoms with Crippen molar-refractivity contribution in [2.75, 3.05) is 0 Å². The summed E-state index contributed by atoms with van der Waals surface area (Å²) in [7, 11) is 0. The fourth-order valence-corrected chi connectivity index (χ4v) is 0. The van der Waals surface area contributed by atoms with E-state index in [-0.39, 0.29) is 58.5 Å². The van der Waals surface area contributed by atoms with Crippen molar-refractivity contribution >= 4 is 70.2 Å². The van der Waals surface area contributed by atoms with Crippen molar-refractivity contribution in [3.63, 3.8) is 0 Å². The van der Waals surface area contributed by atoms with Crippen molar-refractivity contribution in [1.29, 1.82) is 0 Å². The Kier molecular flexibility index (Phi) is 14.1. The maximum absolute atomic E-state index is 8.94. The summed E-state index contributed by atoms with van der Waals surface area (Å²) in [5.74, 6) is 0. The zero-order valence-electron chi connectivity index (χ0n) is 5.61. The summed E-state index contributed by atoms with van der Waals surface area (Å²) in [5.41, 5.74) is 0. The summed E-state index contributed by atoms with van der Waals surface area (Å²) in [4.78, 5) is 0. The van der Waals surface area contributed by atoms with E-state index in [0.29, 0.717) is 0 Å². The summed E-state index contributed by atoms with van der Waals surface area (Å²) in [6.45, 7) is 0. The zero-order valence-corrected chi connectivity index (χ0v) is 10.7. The first-order chi connectivity index (χ1) is 2.00. The van der Waals surface area contributed by atoms with Crippen LogP contribution in [0.1, 0.15) is 2.85 Å². The first-order valence-electron chi connectivity index (χ1n) is 0.783. The maximum Gasteiger partial charge on any atom is 2.00 e. The predicted octanol–water partition coefficient (Wildman–Crippen LogP) is -3.51. The largest absolute Gasteiger partial charge is 2.00 e. The average molecular weight is 262 g/mol. The quantitative estimate of drug-likeness (QED) is 0.396. The second kappa shape index (κ2) is 6.18. The molecule has 4 nitrogen and oxygen atoms in total. The molecule has 1 unspecified atom stereocenters. The van der Waals surface area contributed by atoms with Crippen molar-refractivity contribution in [3.8, 4) is 0 Å². The molecule has 0 aliphatic carbocycles. The molecule has 0 spiro atoms. The SMILES string of the molecule is O=[As](O)(O)O.[AsH3].[Ca+2].[H-].[H-]. The molecule has 0 radical (unpaired) electrons. The molecule has 3 N–H and O–H groups in total. The first-order valence-corrected chi connectivity index (χ1v) is 4.07. The van der Waals surface area contributed by atoms with Crippen LogP contribution in [0.15, 0.2) is 0 Å². The van der Waals surface area contributed by atoms with Gasteiger partial charge < -0.3 is 2.85 Å². The van der Waals surface area contributed by atoms with Crippen LogP contribution >= 0.6 is 0 Å². The Hall–Kier alpha value is 2.06. The van der Waals surface area contributed by atoms with Gasteiger partial charge in [-0.3, -0.25) is 0 Å². The molecule has 7 heteroatoms. The molecule has 0 aliphatic rings. The van der Waals surface area contributed by atoms with Gasteiger partial charge in [0.2, 0.25) is 0 Å². The van der Waals surface area contributed by atoms with E-state index in [1.807, 2.05) is 0 Å². The van der Waals surface area contributed by atoms with E-state index in [9.17, 15) is 0 Å². The topological polar surface area (TPSA) is 77.8 Å². The van der Waals surface area contributed by atoms with Gasteiger partial charge in [-0.25, -0.2) is 0 Å². The molecule has 0 aromatic carbocycles. The minimum Gasteiger partial charge on any atom is -1.00 e. The van der Waals surface area contributed by atoms with Crippen LogP contribution in [0.4, 0.5) is 0 Å². The van der Waals surface area contributed by atoms with Crippen LogP contribution in [0.3, 0.4) is 0 Å². The number of hydrogen-bond donors (Lipinski definition) is 3. The summed E-state index contributed by atoms with van der Waals surface area (Å²) in [5, 5.41) is 0. The van der Waals surface area contributed by atoms with E-state index < -0.39 is 14.5 Å². The van der Waals surface area contributed by atoms with Gasteiger partial charge in [0.05, 0.1) is 0 Å². The minimum atomic E-state index is -5.12. The van der Waals surface area contributed by atoms with Crippen LogP contribution < -0.4 is 0 Å². The molecule has 0 saturated carbocycles. The Morgan fingerprint density at radius 1 is 1.29 bits per heavy atom.